The lowest BCUT2D eigenvalue weighted by Crippen LogP contribution is -2.40. The highest BCUT2D eigenvalue weighted by atomic mass is 16.8. The highest BCUT2D eigenvalue weighted by molar-refractivity contribution is 5.80. The predicted octanol–water partition coefficient (Wildman–Crippen LogP) is 3.64. The number of fused-ring (bicyclic) bond motifs is 5. The van der Waals surface area contributed by atoms with Crippen LogP contribution in [-0.4, -0.2) is 41.4 Å². The number of likely N-dealkylation sites (N-methyl/N-ethyl adjacent to an activating group) is 1. The minimum absolute atomic E-state index is 0.175. The fourth-order valence-electron chi connectivity index (χ4n) is 5.08. The van der Waals surface area contributed by atoms with Crippen LogP contribution < -0.4 is 0 Å². The van der Waals surface area contributed by atoms with Gasteiger partial charge >= 0.3 is 6.16 Å². The fourth-order valence-corrected chi connectivity index (χ4v) is 5.08. The van der Waals surface area contributed by atoms with Gasteiger partial charge < -0.3 is 14.6 Å². The number of ether oxygens (including phenoxy) is 2. The first-order valence-corrected chi connectivity index (χ1v) is 9.61. The van der Waals surface area contributed by atoms with Gasteiger partial charge in [0.25, 0.3) is 5.79 Å². The molecular weight excluding hydrogens is 342 g/mol. The van der Waals surface area contributed by atoms with E-state index in [1.165, 1.54) is 6.42 Å². The van der Waals surface area contributed by atoms with Gasteiger partial charge in [0.15, 0.2) is 0 Å². The summed E-state index contributed by atoms with van der Waals surface area (Å²) >= 11 is 0. The Balaban J connectivity index is 1.41. The van der Waals surface area contributed by atoms with Crippen LogP contribution in [0.4, 0.5) is 4.79 Å². The number of carbonyl (C=O) groups excluding carboxylic acids is 1. The van der Waals surface area contributed by atoms with Crippen LogP contribution in [0.1, 0.15) is 36.8 Å². The second-order valence-corrected chi connectivity index (χ2v) is 7.80. The molecule has 5 rings (SSSR count). The number of aliphatic hydroxyl groups is 1. The van der Waals surface area contributed by atoms with Crippen LogP contribution in [0.2, 0.25) is 0 Å². The normalized spacial score (nSPS) is 27.7. The summed E-state index contributed by atoms with van der Waals surface area (Å²) in [6, 6.07) is 15.6. The highest BCUT2D eigenvalue weighted by Crippen LogP contribution is 2.48. The van der Waals surface area contributed by atoms with Gasteiger partial charge in [0.2, 0.25) is 0 Å². The third kappa shape index (κ3) is 2.49. The molecule has 2 heterocycles. The Bertz CT molecular complexity index is 850. The molecule has 2 aromatic rings. The summed E-state index contributed by atoms with van der Waals surface area (Å²) in [5.41, 5.74) is 2.90. The van der Waals surface area contributed by atoms with Crippen molar-refractivity contribution in [1.82, 2.24) is 4.90 Å². The van der Waals surface area contributed by atoms with E-state index in [0.29, 0.717) is 17.2 Å². The van der Waals surface area contributed by atoms with Crippen molar-refractivity contribution < 1.29 is 19.4 Å². The molecular formula is C22H23NO4. The molecule has 2 bridgehead atoms. The molecule has 0 amide bonds. The van der Waals surface area contributed by atoms with Crippen LogP contribution in [0.5, 0.6) is 0 Å². The molecule has 2 saturated heterocycles. The standard InChI is InChI=1S/C22H23NO4/c1-23-14-7-6-12-19(23)20(13-14)26-21(24)27-22(25)17-10-4-2-8-15(17)16-9-3-5-11-18(16)22/h2-5,8-11,14,19-20,25H,6-7,12-13H2,1H3. The molecule has 2 fully saturated rings. The average Bonchev–Trinajstić information content (AvgIpc) is 2.98. The summed E-state index contributed by atoms with van der Waals surface area (Å²) in [6.45, 7) is 0. The van der Waals surface area contributed by atoms with Gasteiger partial charge in [0.1, 0.15) is 6.10 Å². The molecule has 1 aliphatic carbocycles. The number of piperidine rings is 1. The Morgan fingerprint density at radius 3 is 2.33 bits per heavy atom. The number of nitrogens with zero attached hydrogens (tertiary/aromatic N) is 1. The third-order valence-electron chi connectivity index (χ3n) is 6.42. The zero-order valence-electron chi connectivity index (χ0n) is 15.3. The van der Waals surface area contributed by atoms with E-state index in [2.05, 4.69) is 11.9 Å². The van der Waals surface area contributed by atoms with Gasteiger partial charge in [-0.3, -0.25) is 4.90 Å². The molecule has 0 aromatic heterocycles. The molecule has 5 heteroatoms. The largest absolute Gasteiger partial charge is 0.511 e. The maximum Gasteiger partial charge on any atom is 0.511 e. The summed E-state index contributed by atoms with van der Waals surface area (Å²) in [5.74, 6) is -1.82. The van der Waals surface area contributed by atoms with E-state index < -0.39 is 11.9 Å². The van der Waals surface area contributed by atoms with E-state index >= 15 is 0 Å². The van der Waals surface area contributed by atoms with Crippen LogP contribution in [0.3, 0.4) is 0 Å². The maximum absolute atomic E-state index is 12.7. The van der Waals surface area contributed by atoms with Crippen LogP contribution in [-0.2, 0) is 15.3 Å². The second-order valence-electron chi connectivity index (χ2n) is 7.80. The number of benzene rings is 2. The predicted molar refractivity (Wildman–Crippen MR) is 100 cm³/mol. The summed E-state index contributed by atoms with van der Waals surface area (Å²) in [7, 11) is 2.10. The first kappa shape index (κ1) is 16.8. The van der Waals surface area contributed by atoms with E-state index in [-0.39, 0.29) is 12.1 Å². The van der Waals surface area contributed by atoms with Crippen molar-refractivity contribution >= 4 is 6.16 Å². The molecule has 3 aliphatic rings. The topological polar surface area (TPSA) is 59.0 Å². The molecule has 27 heavy (non-hydrogen) atoms. The lowest BCUT2D eigenvalue weighted by atomic mass is 10.0. The van der Waals surface area contributed by atoms with Gasteiger partial charge in [0.05, 0.1) is 0 Å². The van der Waals surface area contributed by atoms with E-state index in [1.807, 2.05) is 36.4 Å². The SMILES string of the molecule is CN1C2CCCC1C(OC(=O)OC1(O)c3ccccc3-c3ccccc31)C2. The van der Waals surface area contributed by atoms with E-state index in [9.17, 15) is 9.90 Å². The molecule has 140 valence electrons. The van der Waals surface area contributed by atoms with Gasteiger partial charge in [-0.2, -0.15) is 0 Å². The minimum Gasteiger partial charge on any atom is -0.429 e. The Morgan fingerprint density at radius 2 is 1.70 bits per heavy atom. The zero-order valence-corrected chi connectivity index (χ0v) is 15.3. The molecule has 0 radical (unpaired) electrons. The zero-order chi connectivity index (χ0) is 18.6. The molecule has 2 aliphatic heterocycles. The van der Waals surface area contributed by atoms with Crippen molar-refractivity contribution in [2.24, 2.45) is 0 Å². The number of hydrogen-bond acceptors (Lipinski definition) is 5. The minimum atomic E-state index is -1.82. The van der Waals surface area contributed by atoms with Crippen LogP contribution in [0, 0.1) is 0 Å². The third-order valence-corrected chi connectivity index (χ3v) is 6.42. The van der Waals surface area contributed by atoms with E-state index in [4.69, 9.17) is 9.47 Å². The first-order chi connectivity index (χ1) is 13.1. The average molecular weight is 365 g/mol. The molecule has 1 N–H and O–H groups in total. The van der Waals surface area contributed by atoms with Crippen molar-refractivity contribution in [3.63, 3.8) is 0 Å². The van der Waals surface area contributed by atoms with Crippen molar-refractivity contribution in [1.29, 1.82) is 0 Å². The van der Waals surface area contributed by atoms with Crippen molar-refractivity contribution in [3.05, 3.63) is 59.7 Å². The Hall–Kier alpha value is -2.37. The Morgan fingerprint density at radius 1 is 1.07 bits per heavy atom. The van der Waals surface area contributed by atoms with Crippen LogP contribution in [0.15, 0.2) is 48.5 Å². The van der Waals surface area contributed by atoms with Crippen molar-refractivity contribution in [2.75, 3.05) is 7.05 Å². The quantitative estimate of drug-likeness (QED) is 0.650. The van der Waals surface area contributed by atoms with Crippen LogP contribution in [0.25, 0.3) is 11.1 Å². The van der Waals surface area contributed by atoms with Gasteiger partial charge in [-0.15, -0.1) is 0 Å². The highest BCUT2D eigenvalue weighted by Gasteiger charge is 2.48. The maximum atomic E-state index is 12.7. The van der Waals surface area contributed by atoms with Crippen LogP contribution >= 0.6 is 0 Å². The molecule has 0 spiro atoms. The Labute approximate surface area is 158 Å². The number of hydrogen-bond donors (Lipinski definition) is 1. The summed E-state index contributed by atoms with van der Waals surface area (Å²) in [5, 5.41) is 11.3. The van der Waals surface area contributed by atoms with Gasteiger partial charge in [-0.25, -0.2) is 4.79 Å². The van der Waals surface area contributed by atoms with E-state index in [0.717, 1.165) is 30.4 Å². The van der Waals surface area contributed by atoms with Gasteiger partial charge in [-0.05, 0) is 31.0 Å². The summed E-state index contributed by atoms with van der Waals surface area (Å²) in [6.07, 6.45) is 3.19. The lowest BCUT2D eigenvalue weighted by molar-refractivity contribution is -0.156. The Kier molecular flexibility index (Phi) is 3.78. The summed E-state index contributed by atoms with van der Waals surface area (Å²) in [4.78, 5) is 15.0. The monoisotopic (exact) mass is 365 g/mol. The van der Waals surface area contributed by atoms with Crippen molar-refractivity contribution in [3.8, 4) is 11.1 Å². The molecule has 0 saturated carbocycles. The van der Waals surface area contributed by atoms with Gasteiger partial charge in [-0.1, -0.05) is 55.0 Å². The number of carbonyl (C=O) groups is 1. The molecule has 5 nitrogen and oxygen atoms in total. The molecule has 3 atom stereocenters. The first-order valence-electron chi connectivity index (χ1n) is 9.61. The molecule has 2 aromatic carbocycles. The van der Waals surface area contributed by atoms with Crippen molar-refractivity contribution in [2.45, 2.75) is 49.7 Å². The number of rotatable bonds is 2. The van der Waals surface area contributed by atoms with E-state index in [1.54, 1.807) is 12.1 Å². The second kappa shape index (κ2) is 6.08. The lowest BCUT2D eigenvalue weighted by Gasteiger charge is -2.32. The fraction of sp³-hybridized carbons (Fsp3) is 0.409. The summed E-state index contributed by atoms with van der Waals surface area (Å²) < 4.78 is 11.3. The smallest absolute Gasteiger partial charge is 0.429 e. The molecule has 3 unspecified atom stereocenters. The van der Waals surface area contributed by atoms with Gasteiger partial charge in [0, 0.05) is 29.6 Å².